The van der Waals surface area contributed by atoms with Crippen LogP contribution >= 0.6 is 0 Å². The molecule has 0 saturated heterocycles. The lowest BCUT2D eigenvalue weighted by atomic mass is 10.2. The standard InChI is InChI=1S/C15H17F2N7O/c1-8-10(6-20-24(8)4-5-25-14(16)17)21-15-22-11(9-2-3-9)12-13(23-15)19-7-18-12/h6-7,9,14H,2-5H2,1H3,(H2,18,19,21,22,23). The summed E-state index contributed by atoms with van der Waals surface area (Å²) in [5.74, 6) is 0.898. The summed E-state index contributed by atoms with van der Waals surface area (Å²) in [6.07, 6.45) is 5.46. The zero-order valence-electron chi connectivity index (χ0n) is 13.5. The van der Waals surface area contributed by atoms with Crippen LogP contribution in [0.5, 0.6) is 0 Å². The molecular formula is C15H17F2N7O. The normalized spacial score (nSPS) is 14.6. The first-order chi connectivity index (χ1) is 12.1. The summed E-state index contributed by atoms with van der Waals surface area (Å²) < 4.78 is 30.0. The van der Waals surface area contributed by atoms with Crippen LogP contribution in [0.3, 0.4) is 0 Å². The van der Waals surface area contributed by atoms with E-state index < -0.39 is 6.61 Å². The Balaban J connectivity index is 1.54. The van der Waals surface area contributed by atoms with E-state index in [0.717, 1.165) is 29.7 Å². The number of H-pyrrole nitrogens is 1. The molecule has 1 aliphatic carbocycles. The second-order valence-electron chi connectivity index (χ2n) is 5.93. The zero-order valence-corrected chi connectivity index (χ0v) is 13.5. The van der Waals surface area contributed by atoms with Crippen molar-refractivity contribution in [3.63, 3.8) is 0 Å². The molecule has 25 heavy (non-hydrogen) atoms. The molecule has 0 spiro atoms. The van der Waals surface area contributed by atoms with E-state index in [9.17, 15) is 8.78 Å². The Bertz CT molecular complexity index is 887. The molecule has 1 aliphatic rings. The molecule has 8 nitrogen and oxygen atoms in total. The van der Waals surface area contributed by atoms with Gasteiger partial charge in [0.1, 0.15) is 5.52 Å². The van der Waals surface area contributed by atoms with Gasteiger partial charge in [-0.25, -0.2) is 9.97 Å². The lowest BCUT2D eigenvalue weighted by molar-refractivity contribution is -0.130. The number of imidazole rings is 1. The van der Waals surface area contributed by atoms with E-state index >= 15 is 0 Å². The van der Waals surface area contributed by atoms with Crippen LogP contribution in [0.25, 0.3) is 11.2 Å². The first-order valence-electron chi connectivity index (χ1n) is 8.02. The third-order valence-corrected chi connectivity index (χ3v) is 4.17. The van der Waals surface area contributed by atoms with Crippen LogP contribution in [0.1, 0.15) is 30.1 Å². The van der Waals surface area contributed by atoms with Crippen molar-refractivity contribution in [1.82, 2.24) is 29.7 Å². The fraction of sp³-hybridized carbons (Fsp3) is 0.467. The minimum atomic E-state index is -2.77. The fourth-order valence-electron chi connectivity index (χ4n) is 2.71. The summed E-state index contributed by atoms with van der Waals surface area (Å²) >= 11 is 0. The highest BCUT2D eigenvalue weighted by molar-refractivity contribution is 5.76. The highest BCUT2D eigenvalue weighted by atomic mass is 19.3. The van der Waals surface area contributed by atoms with Gasteiger partial charge in [0.2, 0.25) is 5.95 Å². The third-order valence-electron chi connectivity index (χ3n) is 4.17. The minimum Gasteiger partial charge on any atom is -0.342 e. The van der Waals surface area contributed by atoms with Gasteiger partial charge in [0.15, 0.2) is 5.65 Å². The molecule has 0 aromatic carbocycles. The highest BCUT2D eigenvalue weighted by Gasteiger charge is 2.29. The van der Waals surface area contributed by atoms with Crippen molar-refractivity contribution in [3.05, 3.63) is 23.9 Å². The molecule has 3 aromatic rings. The summed E-state index contributed by atoms with van der Waals surface area (Å²) in [5.41, 5.74) is 3.98. The van der Waals surface area contributed by atoms with Gasteiger partial charge in [-0.15, -0.1) is 0 Å². The smallest absolute Gasteiger partial charge is 0.342 e. The molecule has 0 amide bonds. The first-order valence-corrected chi connectivity index (χ1v) is 8.02. The Morgan fingerprint density at radius 1 is 1.40 bits per heavy atom. The number of ether oxygens (including phenoxy) is 1. The maximum atomic E-state index is 12.1. The summed E-state index contributed by atoms with van der Waals surface area (Å²) in [7, 11) is 0. The van der Waals surface area contributed by atoms with Crippen LogP contribution in [-0.2, 0) is 11.3 Å². The van der Waals surface area contributed by atoms with E-state index in [1.807, 2.05) is 6.92 Å². The van der Waals surface area contributed by atoms with E-state index in [-0.39, 0.29) is 13.2 Å². The van der Waals surface area contributed by atoms with Gasteiger partial charge in [-0.1, -0.05) is 0 Å². The van der Waals surface area contributed by atoms with Gasteiger partial charge in [0.25, 0.3) is 0 Å². The summed E-state index contributed by atoms with van der Waals surface area (Å²) in [5, 5.41) is 7.33. The fourth-order valence-corrected chi connectivity index (χ4v) is 2.71. The second kappa shape index (κ2) is 6.36. The Kier molecular flexibility index (Phi) is 4.04. The topological polar surface area (TPSA) is 93.5 Å². The number of nitrogens with zero attached hydrogens (tertiary/aromatic N) is 5. The quantitative estimate of drug-likeness (QED) is 0.681. The minimum absolute atomic E-state index is 0.110. The predicted octanol–water partition coefficient (Wildman–Crippen LogP) is 2.72. The number of hydrogen-bond donors (Lipinski definition) is 2. The predicted molar refractivity (Wildman–Crippen MR) is 85.9 cm³/mol. The van der Waals surface area contributed by atoms with E-state index in [4.69, 9.17) is 0 Å². The average Bonchev–Trinajstić information content (AvgIpc) is 3.23. The molecule has 2 N–H and O–H groups in total. The molecule has 0 bridgehead atoms. The summed E-state index contributed by atoms with van der Waals surface area (Å²) in [6, 6.07) is 0. The van der Waals surface area contributed by atoms with Crippen LogP contribution in [0, 0.1) is 6.92 Å². The molecule has 4 rings (SSSR count). The van der Waals surface area contributed by atoms with Crippen molar-refractivity contribution in [2.24, 2.45) is 0 Å². The Labute approximate surface area is 141 Å². The van der Waals surface area contributed by atoms with Crippen molar-refractivity contribution in [1.29, 1.82) is 0 Å². The number of halogens is 2. The van der Waals surface area contributed by atoms with Gasteiger partial charge in [-0.2, -0.15) is 18.9 Å². The Morgan fingerprint density at radius 3 is 3.00 bits per heavy atom. The molecule has 10 heteroatoms. The van der Waals surface area contributed by atoms with Gasteiger partial charge in [0.05, 0.1) is 42.8 Å². The lowest BCUT2D eigenvalue weighted by Crippen LogP contribution is -2.11. The Morgan fingerprint density at radius 2 is 2.24 bits per heavy atom. The number of alkyl halides is 2. The van der Waals surface area contributed by atoms with Gasteiger partial charge >= 0.3 is 6.61 Å². The molecule has 0 atom stereocenters. The van der Waals surface area contributed by atoms with Crippen molar-refractivity contribution >= 4 is 22.8 Å². The van der Waals surface area contributed by atoms with Crippen LogP contribution < -0.4 is 5.32 Å². The monoisotopic (exact) mass is 349 g/mol. The first kappa shape index (κ1) is 15.9. The maximum Gasteiger partial charge on any atom is 0.345 e. The number of hydrogen-bond acceptors (Lipinski definition) is 6. The summed E-state index contributed by atoms with van der Waals surface area (Å²) in [6.45, 7) is -0.804. The summed E-state index contributed by atoms with van der Waals surface area (Å²) in [4.78, 5) is 16.3. The molecule has 132 valence electrons. The number of fused-ring (bicyclic) bond motifs is 1. The maximum absolute atomic E-state index is 12.1. The van der Waals surface area contributed by atoms with E-state index in [2.05, 4.69) is 35.1 Å². The van der Waals surface area contributed by atoms with Crippen molar-refractivity contribution < 1.29 is 13.5 Å². The van der Waals surface area contributed by atoms with Gasteiger partial charge in [-0.3, -0.25) is 4.68 Å². The Hall–Kier alpha value is -2.62. The number of aromatic nitrogens is 6. The van der Waals surface area contributed by atoms with Crippen LogP contribution in [0.15, 0.2) is 12.5 Å². The number of rotatable bonds is 7. The van der Waals surface area contributed by atoms with E-state index in [1.165, 1.54) is 0 Å². The SMILES string of the molecule is Cc1c(Nc2nc(C3CC3)c3[nH]cnc3n2)cnn1CCOC(F)F. The van der Waals surface area contributed by atoms with Crippen LogP contribution in [0.2, 0.25) is 0 Å². The number of aromatic amines is 1. The molecule has 1 saturated carbocycles. The van der Waals surface area contributed by atoms with Gasteiger partial charge < -0.3 is 15.0 Å². The zero-order chi connectivity index (χ0) is 17.4. The van der Waals surface area contributed by atoms with Crippen molar-refractivity contribution in [2.75, 3.05) is 11.9 Å². The number of anilines is 2. The molecule has 0 radical (unpaired) electrons. The van der Waals surface area contributed by atoms with Crippen LogP contribution in [-0.4, -0.2) is 42.9 Å². The number of nitrogens with one attached hydrogen (secondary N) is 2. The largest absolute Gasteiger partial charge is 0.345 e. The molecule has 0 aliphatic heterocycles. The average molecular weight is 349 g/mol. The van der Waals surface area contributed by atoms with E-state index in [1.54, 1.807) is 17.2 Å². The van der Waals surface area contributed by atoms with Gasteiger partial charge in [0, 0.05) is 5.92 Å². The van der Waals surface area contributed by atoms with E-state index in [0.29, 0.717) is 23.2 Å². The molecule has 3 aromatic heterocycles. The lowest BCUT2D eigenvalue weighted by Gasteiger charge is -2.08. The highest BCUT2D eigenvalue weighted by Crippen LogP contribution is 2.41. The third kappa shape index (κ3) is 3.29. The van der Waals surface area contributed by atoms with Gasteiger partial charge in [-0.05, 0) is 19.8 Å². The molecule has 0 unspecified atom stereocenters. The molecular weight excluding hydrogens is 332 g/mol. The van der Waals surface area contributed by atoms with Crippen LogP contribution in [0.4, 0.5) is 20.4 Å². The second-order valence-corrected chi connectivity index (χ2v) is 5.93. The molecule has 3 heterocycles. The van der Waals surface area contributed by atoms with Crippen molar-refractivity contribution in [3.8, 4) is 0 Å². The van der Waals surface area contributed by atoms with Crippen molar-refractivity contribution in [2.45, 2.75) is 38.8 Å². The molecule has 1 fully saturated rings.